The second-order valence-electron chi connectivity index (χ2n) is 4.23. The average molecular weight is 283 g/mol. The van der Waals surface area contributed by atoms with Gasteiger partial charge in [0.1, 0.15) is 12.9 Å². The van der Waals surface area contributed by atoms with Crippen LogP contribution in [-0.4, -0.2) is 17.8 Å². The second-order valence-corrected chi connectivity index (χ2v) is 4.23. The number of benzene rings is 2. The summed E-state index contributed by atoms with van der Waals surface area (Å²) in [5.74, 6) is 0.142. The number of ether oxygens (including phenoxy) is 1. The number of nitro groups is 1. The Bertz CT molecular complexity index is 665. The molecular formula is C16H13NO4. The summed E-state index contributed by atoms with van der Waals surface area (Å²) in [5, 5.41) is 10.9. The van der Waals surface area contributed by atoms with Crippen LogP contribution in [0.25, 0.3) is 6.08 Å². The highest BCUT2D eigenvalue weighted by Gasteiger charge is 2.15. The fraction of sp³-hybridized carbons (Fsp3) is 0.0625. The Morgan fingerprint density at radius 1 is 1.10 bits per heavy atom. The molecule has 0 aliphatic carbocycles. The van der Waals surface area contributed by atoms with Crippen molar-refractivity contribution in [2.45, 2.75) is 0 Å². The lowest BCUT2D eigenvalue weighted by Gasteiger charge is -2.04. The van der Waals surface area contributed by atoms with Gasteiger partial charge in [0.2, 0.25) is 0 Å². The number of nitro benzene ring substituents is 1. The molecule has 2 aromatic carbocycles. The molecule has 0 aliphatic rings. The van der Waals surface area contributed by atoms with E-state index in [0.717, 1.165) is 5.56 Å². The van der Waals surface area contributed by atoms with Crippen LogP contribution >= 0.6 is 0 Å². The van der Waals surface area contributed by atoms with Crippen molar-refractivity contribution in [3.05, 3.63) is 75.8 Å². The fourth-order valence-electron chi connectivity index (χ4n) is 1.76. The Morgan fingerprint density at radius 2 is 1.86 bits per heavy atom. The summed E-state index contributed by atoms with van der Waals surface area (Å²) in [6.45, 7) is 0.205. The summed E-state index contributed by atoms with van der Waals surface area (Å²) >= 11 is 0. The van der Waals surface area contributed by atoms with Crippen LogP contribution in [0.5, 0.6) is 5.75 Å². The molecule has 0 saturated carbocycles. The van der Waals surface area contributed by atoms with Crippen molar-refractivity contribution in [2.75, 3.05) is 6.61 Å². The Balaban J connectivity index is 2.04. The van der Waals surface area contributed by atoms with Crippen LogP contribution in [0.15, 0.2) is 54.6 Å². The lowest BCUT2D eigenvalue weighted by atomic mass is 10.2. The number of nitrogens with zero attached hydrogens (tertiary/aromatic N) is 1. The molecule has 0 saturated heterocycles. The topological polar surface area (TPSA) is 69.4 Å². The van der Waals surface area contributed by atoms with Gasteiger partial charge in [-0.15, -0.1) is 0 Å². The van der Waals surface area contributed by atoms with E-state index >= 15 is 0 Å². The van der Waals surface area contributed by atoms with Gasteiger partial charge in [0.15, 0.2) is 5.75 Å². The predicted octanol–water partition coefficient (Wildman–Crippen LogP) is 3.50. The first kappa shape index (κ1) is 14.5. The van der Waals surface area contributed by atoms with Crippen LogP contribution in [-0.2, 0) is 0 Å². The summed E-state index contributed by atoms with van der Waals surface area (Å²) in [4.78, 5) is 21.0. The van der Waals surface area contributed by atoms with Crippen molar-refractivity contribution < 1.29 is 14.5 Å². The first-order valence-corrected chi connectivity index (χ1v) is 6.28. The highest BCUT2D eigenvalue weighted by molar-refractivity contribution is 5.77. The van der Waals surface area contributed by atoms with E-state index in [1.54, 1.807) is 6.08 Å². The third-order valence-electron chi connectivity index (χ3n) is 2.76. The largest absolute Gasteiger partial charge is 0.483 e. The molecule has 5 nitrogen and oxygen atoms in total. The van der Waals surface area contributed by atoms with E-state index in [4.69, 9.17) is 4.74 Å². The number of hydrogen-bond acceptors (Lipinski definition) is 4. The van der Waals surface area contributed by atoms with E-state index in [9.17, 15) is 14.9 Å². The van der Waals surface area contributed by atoms with Crippen molar-refractivity contribution in [3.63, 3.8) is 0 Å². The zero-order chi connectivity index (χ0) is 15.1. The SMILES string of the molecule is O=Cc1ccc(OC/C=C/c2ccccc2)c([N+](=O)[O-])c1. The van der Waals surface area contributed by atoms with E-state index in [1.165, 1.54) is 18.2 Å². The molecule has 0 bridgehead atoms. The van der Waals surface area contributed by atoms with E-state index in [-0.39, 0.29) is 23.6 Å². The Labute approximate surface area is 121 Å². The van der Waals surface area contributed by atoms with Crippen LogP contribution in [0.1, 0.15) is 15.9 Å². The van der Waals surface area contributed by atoms with E-state index < -0.39 is 4.92 Å². The van der Waals surface area contributed by atoms with Gasteiger partial charge >= 0.3 is 5.69 Å². The van der Waals surface area contributed by atoms with Crippen LogP contribution in [0.3, 0.4) is 0 Å². The van der Waals surface area contributed by atoms with Crippen LogP contribution in [0, 0.1) is 10.1 Å². The van der Waals surface area contributed by atoms with E-state index in [2.05, 4.69) is 0 Å². The summed E-state index contributed by atoms with van der Waals surface area (Å²) in [7, 11) is 0. The molecule has 0 unspecified atom stereocenters. The fourth-order valence-corrected chi connectivity index (χ4v) is 1.76. The minimum Gasteiger partial charge on any atom is -0.483 e. The number of aldehydes is 1. The average Bonchev–Trinajstić information content (AvgIpc) is 2.52. The summed E-state index contributed by atoms with van der Waals surface area (Å²) in [6.07, 6.45) is 4.20. The van der Waals surface area contributed by atoms with Gasteiger partial charge in [-0.2, -0.15) is 0 Å². The number of hydrogen-bond donors (Lipinski definition) is 0. The molecule has 0 amide bonds. The molecular weight excluding hydrogens is 270 g/mol. The molecule has 21 heavy (non-hydrogen) atoms. The maximum absolute atomic E-state index is 10.9. The number of carbonyl (C=O) groups excluding carboxylic acids is 1. The van der Waals surface area contributed by atoms with Gasteiger partial charge in [-0.25, -0.2) is 0 Å². The molecule has 0 fully saturated rings. The number of carbonyl (C=O) groups is 1. The third kappa shape index (κ3) is 4.01. The first-order chi connectivity index (χ1) is 10.2. The van der Waals surface area contributed by atoms with Gasteiger partial charge in [-0.05, 0) is 23.8 Å². The smallest absolute Gasteiger partial charge is 0.311 e. The van der Waals surface area contributed by atoms with Crippen molar-refractivity contribution in [2.24, 2.45) is 0 Å². The highest BCUT2D eigenvalue weighted by atomic mass is 16.6. The minimum atomic E-state index is -0.566. The molecule has 0 aromatic heterocycles. The molecule has 0 N–H and O–H groups in total. The molecule has 0 radical (unpaired) electrons. The molecule has 106 valence electrons. The lowest BCUT2D eigenvalue weighted by Crippen LogP contribution is -1.99. The van der Waals surface area contributed by atoms with Crippen LogP contribution in [0.4, 0.5) is 5.69 Å². The molecule has 0 heterocycles. The lowest BCUT2D eigenvalue weighted by molar-refractivity contribution is -0.385. The van der Waals surface area contributed by atoms with Gasteiger partial charge in [-0.3, -0.25) is 14.9 Å². The molecule has 5 heteroatoms. The van der Waals surface area contributed by atoms with Crippen molar-refractivity contribution >= 4 is 18.0 Å². The Morgan fingerprint density at radius 3 is 2.52 bits per heavy atom. The minimum absolute atomic E-state index is 0.142. The Hall–Kier alpha value is -2.95. The summed E-state index contributed by atoms with van der Waals surface area (Å²) in [6, 6.07) is 13.8. The summed E-state index contributed by atoms with van der Waals surface area (Å²) < 4.78 is 5.38. The summed E-state index contributed by atoms with van der Waals surface area (Å²) in [5.41, 5.74) is 1.05. The normalized spacial score (nSPS) is 10.5. The van der Waals surface area contributed by atoms with Gasteiger partial charge in [0.05, 0.1) is 4.92 Å². The van der Waals surface area contributed by atoms with E-state index in [0.29, 0.717) is 6.29 Å². The quantitative estimate of drug-likeness (QED) is 0.462. The van der Waals surface area contributed by atoms with Gasteiger partial charge in [0.25, 0.3) is 0 Å². The molecule has 0 aliphatic heterocycles. The highest BCUT2D eigenvalue weighted by Crippen LogP contribution is 2.27. The number of rotatable bonds is 6. The van der Waals surface area contributed by atoms with Crippen LogP contribution < -0.4 is 4.74 Å². The van der Waals surface area contributed by atoms with Gasteiger partial charge in [-0.1, -0.05) is 36.4 Å². The standard InChI is InChI=1S/C16H13NO4/c18-12-14-8-9-16(15(11-14)17(19)20)21-10-4-7-13-5-2-1-3-6-13/h1-9,11-12H,10H2/b7-4+. The maximum Gasteiger partial charge on any atom is 0.311 e. The second kappa shape index (κ2) is 7.00. The van der Waals surface area contributed by atoms with Gasteiger partial charge < -0.3 is 4.74 Å². The maximum atomic E-state index is 10.9. The zero-order valence-electron chi connectivity index (χ0n) is 11.1. The molecule has 0 atom stereocenters. The van der Waals surface area contributed by atoms with E-state index in [1.807, 2.05) is 36.4 Å². The van der Waals surface area contributed by atoms with Crippen molar-refractivity contribution in [1.82, 2.24) is 0 Å². The van der Waals surface area contributed by atoms with Crippen molar-refractivity contribution in [1.29, 1.82) is 0 Å². The van der Waals surface area contributed by atoms with Crippen molar-refractivity contribution in [3.8, 4) is 5.75 Å². The zero-order valence-corrected chi connectivity index (χ0v) is 11.1. The van der Waals surface area contributed by atoms with Crippen LogP contribution in [0.2, 0.25) is 0 Å². The first-order valence-electron chi connectivity index (χ1n) is 6.28. The Kier molecular flexibility index (Phi) is 4.82. The van der Waals surface area contributed by atoms with Gasteiger partial charge in [0, 0.05) is 11.6 Å². The third-order valence-corrected chi connectivity index (χ3v) is 2.76. The molecule has 2 aromatic rings. The predicted molar refractivity (Wildman–Crippen MR) is 79.5 cm³/mol. The monoisotopic (exact) mass is 283 g/mol. The molecule has 2 rings (SSSR count). The molecule has 0 spiro atoms.